The molecule has 37 heavy (non-hydrogen) atoms. The molecule has 0 aliphatic heterocycles. The first-order valence-corrected chi connectivity index (χ1v) is 12.6. The Balaban J connectivity index is 1.45. The number of Topliss-reactive ketones (excluding diaryl/α,β-unsaturated/α-hetero) is 1. The number of carbonyl (C=O) groups is 2. The number of benzene rings is 3. The van der Waals surface area contributed by atoms with Crippen LogP contribution in [0.15, 0.2) is 83.3 Å². The van der Waals surface area contributed by atoms with Gasteiger partial charge in [0.2, 0.25) is 11.8 Å². The molecule has 7 nitrogen and oxygen atoms in total. The number of ketones is 1. The molecule has 0 saturated heterocycles. The fourth-order valence-corrected chi connectivity index (χ4v) is 4.14. The van der Waals surface area contributed by atoms with E-state index in [0.717, 1.165) is 28.8 Å². The van der Waals surface area contributed by atoms with Crippen molar-refractivity contribution in [3.05, 3.63) is 90.0 Å². The van der Waals surface area contributed by atoms with Crippen molar-refractivity contribution in [3.63, 3.8) is 0 Å². The molecule has 2 N–H and O–H groups in total. The molecule has 190 valence electrons. The summed E-state index contributed by atoms with van der Waals surface area (Å²) in [6.07, 6.45) is 1.57. The lowest BCUT2D eigenvalue weighted by Crippen LogP contribution is -2.18. The largest absolute Gasteiger partial charge is 0.481 e. The van der Waals surface area contributed by atoms with Crippen LogP contribution < -0.4 is 5.32 Å². The number of hydrogen-bond donors (Lipinski definition) is 2. The molecule has 1 unspecified atom stereocenters. The van der Waals surface area contributed by atoms with E-state index in [4.69, 9.17) is 9.52 Å². The minimum absolute atomic E-state index is 0.00143. The monoisotopic (exact) mass is 497 g/mol. The fourth-order valence-electron chi connectivity index (χ4n) is 4.14. The number of aromatic nitrogens is 2. The lowest BCUT2D eigenvalue weighted by molar-refractivity contribution is -0.137. The van der Waals surface area contributed by atoms with E-state index in [2.05, 4.69) is 41.5 Å². The van der Waals surface area contributed by atoms with Gasteiger partial charge in [-0.1, -0.05) is 50.6 Å². The van der Waals surface area contributed by atoms with Gasteiger partial charge in [-0.25, -0.2) is 0 Å². The van der Waals surface area contributed by atoms with Crippen LogP contribution in [0.1, 0.15) is 61.5 Å². The zero-order chi connectivity index (χ0) is 26.2. The van der Waals surface area contributed by atoms with E-state index in [9.17, 15) is 9.59 Å². The van der Waals surface area contributed by atoms with Crippen LogP contribution in [0.3, 0.4) is 0 Å². The minimum atomic E-state index is -0.884. The third kappa shape index (κ3) is 6.70. The van der Waals surface area contributed by atoms with Crippen molar-refractivity contribution in [2.45, 2.75) is 45.6 Å². The molecule has 4 rings (SSSR count). The molecule has 0 amide bonds. The molecule has 1 heterocycles. The van der Waals surface area contributed by atoms with Crippen molar-refractivity contribution in [3.8, 4) is 22.9 Å². The average molecular weight is 498 g/mol. The maximum absolute atomic E-state index is 12.3. The van der Waals surface area contributed by atoms with Crippen LogP contribution in [-0.4, -0.2) is 27.1 Å². The molecule has 0 fully saturated rings. The van der Waals surface area contributed by atoms with Gasteiger partial charge in [-0.15, -0.1) is 10.2 Å². The third-order valence-corrected chi connectivity index (χ3v) is 6.50. The zero-order valence-electron chi connectivity index (χ0n) is 21.1. The molecular formula is C30H31N3O4. The van der Waals surface area contributed by atoms with Crippen LogP contribution in [0.5, 0.6) is 0 Å². The van der Waals surface area contributed by atoms with Crippen molar-refractivity contribution in [1.82, 2.24) is 10.2 Å². The van der Waals surface area contributed by atoms with E-state index < -0.39 is 5.97 Å². The summed E-state index contributed by atoms with van der Waals surface area (Å²) in [7, 11) is 0. The predicted octanol–water partition coefficient (Wildman–Crippen LogP) is 7.04. The lowest BCUT2D eigenvalue weighted by atomic mass is 9.91. The number of hydrogen-bond acceptors (Lipinski definition) is 6. The van der Waals surface area contributed by atoms with Crippen LogP contribution >= 0.6 is 0 Å². The number of carboxylic acids is 1. The molecule has 1 aromatic heterocycles. The highest BCUT2D eigenvalue weighted by Gasteiger charge is 2.19. The SMILES string of the molecule is CCC(C)[C@@H](Nc1ccc(C(=O)CCCC(=O)O)cc1)c1ccc(-c2nnc(-c3ccccc3)o2)cc1. The zero-order valence-corrected chi connectivity index (χ0v) is 21.1. The first-order valence-electron chi connectivity index (χ1n) is 12.6. The molecule has 0 saturated carbocycles. The van der Waals surface area contributed by atoms with Gasteiger partial charge in [0.25, 0.3) is 0 Å². The first-order chi connectivity index (χ1) is 17.9. The van der Waals surface area contributed by atoms with E-state index in [1.807, 2.05) is 54.6 Å². The van der Waals surface area contributed by atoms with Crippen molar-refractivity contribution < 1.29 is 19.1 Å². The molecule has 0 radical (unpaired) electrons. The Hall–Kier alpha value is -4.26. The highest BCUT2D eigenvalue weighted by molar-refractivity contribution is 5.96. The van der Waals surface area contributed by atoms with Gasteiger partial charge in [-0.2, -0.15) is 0 Å². The molecule has 0 aliphatic rings. The summed E-state index contributed by atoms with van der Waals surface area (Å²) >= 11 is 0. The Morgan fingerprint density at radius 3 is 2.08 bits per heavy atom. The van der Waals surface area contributed by atoms with Crippen LogP contribution in [0.4, 0.5) is 5.69 Å². The molecule has 0 spiro atoms. The highest BCUT2D eigenvalue weighted by Crippen LogP contribution is 2.31. The first kappa shape index (κ1) is 25.8. The summed E-state index contributed by atoms with van der Waals surface area (Å²) < 4.78 is 5.89. The van der Waals surface area contributed by atoms with Crippen LogP contribution in [0, 0.1) is 5.92 Å². The number of carbonyl (C=O) groups excluding carboxylic acids is 1. The second kappa shape index (κ2) is 12.1. The average Bonchev–Trinajstić information content (AvgIpc) is 3.42. The molecule has 7 heteroatoms. The standard InChI is InChI=1S/C30H31N3O4/c1-3-20(2)28(31-25-18-16-21(17-19-25)26(34)10-7-11-27(35)36)22-12-14-24(15-13-22)30-33-32-29(37-30)23-8-5-4-6-9-23/h4-6,8-9,12-20,28,31H,3,7,10-11H2,1-2H3,(H,35,36)/t20?,28-/m1/s1. The number of nitrogens with one attached hydrogen (secondary N) is 1. The van der Waals surface area contributed by atoms with Gasteiger partial charge >= 0.3 is 5.97 Å². The van der Waals surface area contributed by atoms with Crippen molar-refractivity contribution >= 4 is 17.4 Å². The maximum Gasteiger partial charge on any atom is 0.303 e. The van der Waals surface area contributed by atoms with E-state index in [-0.39, 0.29) is 24.7 Å². The minimum Gasteiger partial charge on any atom is -0.481 e. The molecule has 3 aromatic carbocycles. The fraction of sp³-hybridized carbons (Fsp3) is 0.267. The Bertz CT molecular complexity index is 1320. The molecule has 2 atom stereocenters. The topological polar surface area (TPSA) is 105 Å². The number of nitrogens with zero attached hydrogens (tertiary/aromatic N) is 2. The van der Waals surface area contributed by atoms with E-state index in [1.54, 1.807) is 12.1 Å². The Labute approximate surface area is 216 Å². The highest BCUT2D eigenvalue weighted by atomic mass is 16.4. The van der Waals surface area contributed by atoms with Crippen molar-refractivity contribution in [2.24, 2.45) is 5.92 Å². The number of aliphatic carboxylic acids is 1. The Morgan fingerprint density at radius 1 is 0.865 bits per heavy atom. The summed E-state index contributed by atoms with van der Waals surface area (Å²) in [5.74, 6) is 0.393. The molecular weight excluding hydrogens is 466 g/mol. The number of carboxylic acid groups (broad SMARTS) is 1. The van der Waals surface area contributed by atoms with Gasteiger partial charge in [-0.05, 0) is 66.4 Å². The third-order valence-electron chi connectivity index (χ3n) is 6.50. The number of rotatable bonds is 12. The van der Waals surface area contributed by atoms with Gasteiger partial charge in [0.05, 0.1) is 6.04 Å². The van der Waals surface area contributed by atoms with Gasteiger partial charge in [0.1, 0.15) is 0 Å². The predicted molar refractivity (Wildman–Crippen MR) is 143 cm³/mol. The second-order valence-electron chi connectivity index (χ2n) is 9.16. The van der Waals surface area contributed by atoms with E-state index >= 15 is 0 Å². The van der Waals surface area contributed by atoms with Crippen molar-refractivity contribution in [1.29, 1.82) is 0 Å². The van der Waals surface area contributed by atoms with Crippen LogP contribution in [-0.2, 0) is 4.79 Å². The van der Waals surface area contributed by atoms with Gasteiger partial charge in [-0.3, -0.25) is 9.59 Å². The summed E-state index contributed by atoms with van der Waals surface area (Å²) in [5, 5.41) is 20.8. The van der Waals surface area contributed by atoms with Crippen LogP contribution in [0.25, 0.3) is 22.9 Å². The second-order valence-corrected chi connectivity index (χ2v) is 9.16. The normalized spacial score (nSPS) is 12.6. The lowest BCUT2D eigenvalue weighted by Gasteiger charge is -2.26. The number of anilines is 1. The quantitative estimate of drug-likeness (QED) is 0.202. The summed E-state index contributed by atoms with van der Waals surface area (Å²) in [6.45, 7) is 4.37. The van der Waals surface area contributed by atoms with E-state index in [1.165, 1.54) is 0 Å². The Kier molecular flexibility index (Phi) is 8.46. The molecule has 4 aromatic rings. The van der Waals surface area contributed by atoms with Gasteiger partial charge in [0, 0.05) is 35.2 Å². The summed E-state index contributed by atoms with van der Waals surface area (Å²) in [5.41, 5.74) is 4.38. The van der Waals surface area contributed by atoms with Crippen molar-refractivity contribution in [2.75, 3.05) is 5.32 Å². The summed E-state index contributed by atoms with van der Waals surface area (Å²) in [6, 6.07) is 25.3. The Morgan fingerprint density at radius 2 is 1.49 bits per heavy atom. The molecule has 0 bridgehead atoms. The maximum atomic E-state index is 12.3. The summed E-state index contributed by atoms with van der Waals surface area (Å²) in [4.78, 5) is 23.0. The van der Waals surface area contributed by atoms with Gasteiger partial charge < -0.3 is 14.8 Å². The van der Waals surface area contributed by atoms with Gasteiger partial charge in [0.15, 0.2) is 5.78 Å². The molecule has 0 aliphatic carbocycles. The van der Waals surface area contributed by atoms with E-state index in [0.29, 0.717) is 29.7 Å². The smallest absolute Gasteiger partial charge is 0.303 e. The van der Waals surface area contributed by atoms with Crippen LogP contribution in [0.2, 0.25) is 0 Å².